The lowest BCUT2D eigenvalue weighted by Gasteiger charge is -2.06. The predicted molar refractivity (Wildman–Crippen MR) is 62.6 cm³/mol. The molecule has 92 valence electrons. The summed E-state index contributed by atoms with van der Waals surface area (Å²) in [5, 5.41) is 10.6. The van der Waals surface area contributed by atoms with Crippen molar-refractivity contribution in [2.45, 2.75) is 12.8 Å². The number of Topliss-reactive ketones (excluding diaryl/α,β-unsaturated/α-hetero) is 1. The SMILES string of the molecule is COc1ccccc1C(=O)CCCNC(=O)O. The molecule has 1 aromatic carbocycles. The van der Waals surface area contributed by atoms with Crippen molar-refractivity contribution in [3.8, 4) is 5.75 Å². The highest BCUT2D eigenvalue weighted by atomic mass is 16.5. The number of methoxy groups -OCH3 is 1. The first-order chi connectivity index (χ1) is 8.15. The molecule has 0 heterocycles. The number of carboxylic acid groups (broad SMARTS) is 1. The molecule has 0 aliphatic rings. The Labute approximate surface area is 99.4 Å². The molecule has 0 radical (unpaired) electrons. The van der Waals surface area contributed by atoms with Gasteiger partial charge in [0, 0.05) is 13.0 Å². The van der Waals surface area contributed by atoms with Gasteiger partial charge in [-0.2, -0.15) is 0 Å². The fraction of sp³-hybridized carbons (Fsp3) is 0.333. The van der Waals surface area contributed by atoms with Crippen molar-refractivity contribution in [2.75, 3.05) is 13.7 Å². The summed E-state index contributed by atoms with van der Waals surface area (Å²) in [6.45, 7) is 0.274. The van der Waals surface area contributed by atoms with Crippen molar-refractivity contribution in [1.29, 1.82) is 0 Å². The minimum atomic E-state index is -1.07. The molecule has 0 saturated carbocycles. The smallest absolute Gasteiger partial charge is 0.404 e. The molecule has 0 saturated heterocycles. The van der Waals surface area contributed by atoms with Crippen molar-refractivity contribution in [3.05, 3.63) is 29.8 Å². The Hall–Kier alpha value is -2.04. The lowest BCUT2D eigenvalue weighted by Crippen LogP contribution is -2.22. The number of rotatable bonds is 6. The monoisotopic (exact) mass is 237 g/mol. The third-order valence-electron chi connectivity index (χ3n) is 2.26. The largest absolute Gasteiger partial charge is 0.496 e. The van der Waals surface area contributed by atoms with Gasteiger partial charge in [0.1, 0.15) is 5.75 Å². The third-order valence-corrected chi connectivity index (χ3v) is 2.26. The predicted octanol–water partition coefficient (Wildman–Crippen LogP) is 1.93. The first-order valence-electron chi connectivity index (χ1n) is 5.28. The summed E-state index contributed by atoms with van der Waals surface area (Å²) in [4.78, 5) is 22.0. The number of carbonyl (C=O) groups excluding carboxylic acids is 1. The van der Waals surface area contributed by atoms with E-state index in [1.165, 1.54) is 7.11 Å². The zero-order chi connectivity index (χ0) is 12.7. The lowest BCUT2D eigenvalue weighted by atomic mass is 10.1. The first-order valence-corrected chi connectivity index (χ1v) is 5.28. The molecule has 0 aliphatic carbocycles. The van der Waals surface area contributed by atoms with Crippen molar-refractivity contribution in [1.82, 2.24) is 5.32 Å². The number of amides is 1. The van der Waals surface area contributed by atoms with Crippen LogP contribution in [0.2, 0.25) is 0 Å². The van der Waals surface area contributed by atoms with E-state index in [2.05, 4.69) is 5.32 Å². The van der Waals surface area contributed by atoms with Crippen LogP contribution in [-0.2, 0) is 0 Å². The van der Waals surface area contributed by atoms with Crippen LogP contribution in [0.15, 0.2) is 24.3 Å². The number of hydrogen-bond donors (Lipinski definition) is 2. The Balaban J connectivity index is 2.49. The second kappa shape index (κ2) is 6.52. The highest BCUT2D eigenvalue weighted by Gasteiger charge is 2.10. The number of ether oxygens (including phenoxy) is 1. The van der Waals surface area contributed by atoms with Gasteiger partial charge in [0.25, 0.3) is 0 Å². The molecular formula is C12H15NO4. The molecule has 1 aromatic rings. The molecule has 1 rings (SSSR count). The molecule has 2 N–H and O–H groups in total. The maximum Gasteiger partial charge on any atom is 0.404 e. The van der Waals surface area contributed by atoms with E-state index in [-0.39, 0.29) is 12.3 Å². The summed E-state index contributed by atoms with van der Waals surface area (Å²) < 4.78 is 5.08. The topological polar surface area (TPSA) is 75.6 Å². The minimum absolute atomic E-state index is 0.0466. The van der Waals surface area contributed by atoms with E-state index in [4.69, 9.17) is 9.84 Å². The van der Waals surface area contributed by atoms with Gasteiger partial charge in [-0.05, 0) is 18.6 Å². The lowest BCUT2D eigenvalue weighted by molar-refractivity contribution is 0.0976. The summed E-state index contributed by atoms with van der Waals surface area (Å²) in [5.74, 6) is 0.498. The molecule has 1 amide bonds. The van der Waals surface area contributed by atoms with E-state index < -0.39 is 6.09 Å². The third kappa shape index (κ3) is 4.14. The van der Waals surface area contributed by atoms with E-state index in [0.29, 0.717) is 24.2 Å². The van der Waals surface area contributed by atoms with E-state index in [9.17, 15) is 9.59 Å². The Bertz CT molecular complexity index is 403. The Morgan fingerprint density at radius 1 is 1.35 bits per heavy atom. The highest BCUT2D eigenvalue weighted by Crippen LogP contribution is 2.19. The number of benzene rings is 1. The first kappa shape index (κ1) is 13.0. The van der Waals surface area contributed by atoms with Crippen LogP contribution in [0.5, 0.6) is 5.75 Å². The number of carbonyl (C=O) groups is 2. The van der Waals surface area contributed by atoms with Gasteiger partial charge in [0.15, 0.2) is 5.78 Å². The number of ketones is 1. The summed E-state index contributed by atoms with van der Waals surface area (Å²) in [5.41, 5.74) is 0.533. The van der Waals surface area contributed by atoms with E-state index in [1.54, 1.807) is 24.3 Å². The van der Waals surface area contributed by atoms with Gasteiger partial charge in [-0.1, -0.05) is 12.1 Å². The van der Waals surface area contributed by atoms with Crippen LogP contribution in [0, 0.1) is 0 Å². The Morgan fingerprint density at radius 2 is 2.06 bits per heavy atom. The molecule has 0 unspecified atom stereocenters. The van der Waals surface area contributed by atoms with Crippen LogP contribution in [0.3, 0.4) is 0 Å². The van der Waals surface area contributed by atoms with Crippen LogP contribution >= 0.6 is 0 Å². The molecule has 0 fully saturated rings. The van der Waals surface area contributed by atoms with Gasteiger partial charge < -0.3 is 15.2 Å². The molecule has 5 heteroatoms. The molecule has 0 atom stereocenters. The standard InChI is InChI=1S/C12H15NO4/c1-17-11-7-3-2-5-9(11)10(14)6-4-8-13-12(15)16/h2-3,5,7,13H,4,6,8H2,1H3,(H,15,16). The quantitative estimate of drug-likeness (QED) is 0.585. The zero-order valence-corrected chi connectivity index (χ0v) is 9.60. The van der Waals surface area contributed by atoms with Crippen molar-refractivity contribution >= 4 is 11.9 Å². The van der Waals surface area contributed by atoms with Gasteiger partial charge in [-0.15, -0.1) is 0 Å². The van der Waals surface area contributed by atoms with Gasteiger partial charge >= 0.3 is 6.09 Å². The highest BCUT2D eigenvalue weighted by molar-refractivity contribution is 5.98. The second-order valence-electron chi connectivity index (χ2n) is 3.46. The maximum atomic E-state index is 11.8. The van der Waals surface area contributed by atoms with Gasteiger partial charge in [0.05, 0.1) is 12.7 Å². The molecule has 0 bridgehead atoms. The van der Waals surface area contributed by atoms with Gasteiger partial charge in [0.2, 0.25) is 0 Å². The molecule has 0 spiro atoms. The van der Waals surface area contributed by atoms with Gasteiger partial charge in [-0.3, -0.25) is 4.79 Å². The number of hydrogen-bond acceptors (Lipinski definition) is 3. The van der Waals surface area contributed by atoms with Crippen LogP contribution < -0.4 is 10.1 Å². The molecule has 5 nitrogen and oxygen atoms in total. The average molecular weight is 237 g/mol. The molecular weight excluding hydrogens is 222 g/mol. The van der Waals surface area contributed by atoms with Crippen LogP contribution in [-0.4, -0.2) is 30.6 Å². The van der Waals surface area contributed by atoms with E-state index >= 15 is 0 Å². The maximum absolute atomic E-state index is 11.8. The second-order valence-corrected chi connectivity index (χ2v) is 3.46. The van der Waals surface area contributed by atoms with Crippen LogP contribution in [0.4, 0.5) is 4.79 Å². The van der Waals surface area contributed by atoms with Crippen molar-refractivity contribution < 1.29 is 19.4 Å². The van der Waals surface area contributed by atoms with Crippen LogP contribution in [0.25, 0.3) is 0 Å². The zero-order valence-electron chi connectivity index (χ0n) is 9.60. The summed E-state index contributed by atoms with van der Waals surface area (Å²) >= 11 is 0. The van der Waals surface area contributed by atoms with E-state index in [0.717, 1.165) is 0 Å². The summed E-state index contributed by atoms with van der Waals surface area (Å²) in [7, 11) is 1.51. The van der Waals surface area contributed by atoms with Crippen molar-refractivity contribution in [2.24, 2.45) is 0 Å². The molecule has 0 aromatic heterocycles. The molecule has 17 heavy (non-hydrogen) atoms. The summed E-state index contributed by atoms with van der Waals surface area (Å²) in [6.07, 6.45) is -0.307. The average Bonchev–Trinajstić information content (AvgIpc) is 2.34. The number of nitrogens with one attached hydrogen (secondary N) is 1. The fourth-order valence-corrected chi connectivity index (χ4v) is 1.45. The Morgan fingerprint density at radius 3 is 2.71 bits per heavy atom. The fourth-order valence-electron chi connectivity index (χ4n) is 1.45. The normalized spacial score (nSPS) is 9.71. The summed E-state index contributed by atoms with van der Waals surface area (Å²) in [6, 6.07) is 6.99. The van der Waals surface area contributed by atoms with Crippen molar-refractivity contribution in [3.63, 3.8) is 0 Å². The molecule has 0 aliphatic heterocycles. The van der Waals surface area contributed by atoms with Gasteiger partial charge in [-0.25, -0.2) is 4.79 Å². The number of para-hydroxylation sites is 1. The van der Waals surface area contributed by atoms with E-state index in [1.807, 2.05) is 0 Å². The minimum Gasteiger partial charge on any atom is -0.496 e. The Kier molecular flexibility index (Phi) is 5.00. The van der Waals surface area contributed by atoms with Crippen LogP contribution in [0.1, 0.15) is 23.2 Å².